The number of aryl methyl sites for hydroxylation is 1. The second kappa shape index (κ2) is 8.12. The van der Waals surface area contributed by atoms with Gasteiger partial charge in [-0.05, 0) is 31.0 Å². The van der Waals surface area contributed by atoms with Crippen LogP contribution >= 0.6 is 0 Å². The Hall–Kier alpha value is -4.24. The molecule has 0 spiro atoms. The molecule has 1 fully saturated rings. The number of aromatic amines is 1. The topological polar surface area (TPSA) is 123 Å². The second-order valence-corrected chi connectivity index (χ2v) is 8.09. The summed E-state index contributed by atoms with van der Waals surface area (Å²) in [6.45, 7) is 3.45. The zero-order valence-corrected chi connectivity index (χ0v) is 17.6. The lowest BCUT2D eigenvalue weighted by Gasteiger charge is -2.23. The third-order valence-electron chi connectivity index (χ3n) is 6.06. The Morgan fingerprint density at radius 1 is 1.25 bits per heavy atom. The molecule has 0 saturated carbocycles. The highest BCUT2D eigenvalue weighted by molar-refractivity contribution is 5.89. The van der Waals surface area contributed by atoms with Gasteiger partial charge in [-0.3, -0.25) is 4.68 Å². The first kappa shape index (κ1) is 19.7. The number of aromatic nitrogens is 6. The Morgan fingerprint density at radius 2 is 2.16 bits per heavy atom. The van der Waals surface area contributed by atoms with Crippen molar-refractivity contribution in [2.24, 2.45) is 5.92 Å². The van der Waals surface area contributed by atoms with E-state index in [1.54, 1.807) is 12.4 Å². The minimum atomic E-state index is -0.0710. The average Bonchev–Trinajstić information content (AvgIpc) is 3.57. The standard InChI is InChI=1S/C23H21N9/c1-15-8-17(9-25)23(27-10-15)31-7-4-16(12-31)20(2-5-24)32-13-18(11-30-32)21-19-3-6-26-22(19)29-14-28-21/h3,6,8,10-11,13-14,16,20H,2,4,7,12H2,1H3,(H,26,28,29)/t16-,20-/m0/s1. The van der Waals surface area contributed by atoms with E-state index in [-0.39, 0.29) is 12.0 Å². The fourth-order valence-corrected chi connectivity index (χ4v) is 4.50. The molecule has 158 valence electrons. The SMILES string of the molecule is Cc1cnc(N2CC[C@H]([C@H](CC#N)n3cc(-c4ncnc5[nH]ccc45)cn3)C2)c(C#N)c1. The van der Waals surface area contributed by atoms with Crippen LogP contribution in [0.25, 0.3) is 22.3 Å². The summed E-state index contributed by atoms with van der Waals surface area (Å²) in [7, 11) is 0. The first-order valence-corrected chi connectivity index (χ1v) is 10.5. The molecule has 0 radical (unpaired) electrons. The van der Waals surface area contributed by atoms with Gasteiger partial charge in [-0.2, -0.15) is 15.6 Å². The third-order valence-corrected chi connectivity index (χ3v) is 6.06. The molecule has 5 heterocycles. The first-order chi connectivity index (χ1) is 15.7. The zero-order chi connectivity index (χ0) is 22.1. The highest BCUT2D eigenvalue weighted by Gasteiger charge is 2.33. The van der Waals surface area contributed by atoms with Crippen LogP contribution in [0.1, 0.15) is 30.0 Å². The van der Waals surface area contributed by atoms with Crippen LogP contribution in [0.15, 0.2) is 43.2 Å². The number of H-pyrrole nitrogens is 1. The number of nitrogens with zero attached hydrogens (tertiary/aromatic N) is 8. The minimum absolute atomic E-state index is 0.0710. The highest BCUT2D eigenvalue weighted by Crippen LogP contribution is 2.34. The average molecular weight is 423 g/mol. The summed E-state index contributed by atoms with van der Waals surface area (Å²) < 4.78 is 1.89. The number of anilines is 1. The van der Waals surface area contributed by atoms with Gasteiger partial charge in [0, 0.05) is 48.5 Å². The molecule has 1 N–H and O–H groups in total. The molecular formula is C23H21N9. The van der Waals surface area contributed by atoms with Gasteiger partial charge < -0.3 is 9.88 Å². The molecule has 0 aliphatic carbocycles. The summed E-state index contributed by atoms with van der Waals surface area (Å²) in [5.41, 5.74) is 4.04. The van der Waals surface area contributed by atoms with Crippen molar-refractivity contribution in [2.75, 3.05) is 18.0 Å². The second-order valence-electron chi connectivity index (χ2n) is 8.09. The molecule has 4 aromatic rings. The van der Waals surface area contributed by atoms with Crippen molar-refractivity contribution in [1.82, 2.24) is 29.7 Å². The van der Waals surface area contributed by atoms with E-state index in [2.05, 4.69) is 42.1 Å². The molecule has 0 bridgehead atoms. The van der Waals surface area contributed by atoms with E-state index >= 15 is 0 Å². The molecule has 1 aliphatic rings. The number of rotatable bonds is 5. The van der Waals surface area contributed by atoms with Gasteiger partial charge >= 0.3 is 0 Å². The molecule has 2 atom stereocenters. The molecule has 4 aromatic heterocycles. The summed E-state index contributed by atoms with van der Waals surface area (Å²) in [6.07, 6.45) is 10.2. The molecule has 1 aliphatic heterocycles. The van der Waals surface area contributed by atoms with Crippen LogP contribution in [0, 0.1) is 35.5 Å². The van der Waals surface area contributed by atoms with E-state index in [9.17, 15) is 10.5 Å². The fourth-order valence-electron chi connectivity index (χ4n) is 4.50. The van der Waals surface area contributed by atoms with Crippen LogP contribution < -0.4 is 4.90 Å². The van der Waals surface area contributed by atoms with Gasteiger partial charge in [-0.15, -0.1) is 0 Å². The van der Waals surface area contributed by atoms with E-state index in [0.29, 0.717) is 17.8 Å². The minimum Gasteiger partial charge on any atom is -0.355 e. The Morgan fingerprint density at radius 3 is 3.00 bits per heavy atom. The third kappa shape index (κ3) is 3.44. The summed E-state index contributed by atoms with van der Waals surface area (Å²) in [4.78, 5) is 18.4. The highest BCUT2D eigenvalue weighted by atomic mass is 15.3. The molecule has 9 nitrogen and oxygen atoms in total. The number of pyridine rings is 1. The Balaban J connectivity index is 1.41. The number of hydrogen-bond donors (Lipinski definition) is 1. The van der Waals surface area contributed by atoms with Crippen molar-refractivity contribution in [3.05, 3.63) is 54.4 Å². The quantitative estimate of drug-likeness (QED) is 0.522. The normalized spacial score (nSPS) is 16.7. The van der Waals surface area contributed by atoms with Gasteiger partial charge in [-0.1, -0.05) is 0 Å². The van der Waals surface area contributed by atoms with E-state index in [1.807, 2.05) is 36.1 Å². The van der Waals surface area contributed by atoms with Gasteiger partial charge in [-0.25, -0.2) is 15.0 Å². The van der Waals surface area contributed by atoms with Crippen molar-refractivity contribution >= 4 is 16.9 Å². The monoisotopic (exact) mass is 423 g/mol. The van der Waals surface area contributed by atoms with Gasteiger partial charge in [0.1, 0.15) is 23.9 Å². The molecule has 5 rings (SSSR count). The van der Waals surface area contributed by atoms with E-state index < -0.39 is 0 Å². The Labute approximate surface area is 185 Å². The van der Waals surface area contributed by atoms with E-state index in [0.717, 1.165) is 47.4 Å². The molecule has 32 heavy (non-hydrogen) atoms. The Bertz CT molecular complexity index is 1350. The largest absolute Gasteiger partial charge is 0.355 e. The molecule has 9 heteroatoms. The van der Waals surface area contributed by atoms with Crippen LogP contribution in [0.4, 0.5) is 5.82 Å². The number of nitriles is 2. The predicted molar refractivity (Wildman–Crippen MR) is 118 cm³/mol. The van der Waals surface area contributed by atoms with Crippen molar-refractivity contribution in [3.63, 3.8) is 0 Å². The first-order valence-electron chi connectivity index (χ1n) is 10.5. The van der Waals surface area contributed by atoms with Crippen LogP contribution in [0.3, 0.4) is 0 Å². The molecule has 0 aromatic carbocycles. The predicted octanol–water partition coefficient (Wildman–Crippen LogP) is 3.38. The van der Waals surface area contributed by atoms with Crippen molar-refractivity contribution in [3.8, 4) is 23.4 Å². The van der Waals surface area contributed by atoms with Gasteiger partial charge in [0.15, 0.2) is 0 Å². The van der Waals surface area contributed by atoms with E-state index in [1.165, 1.54) is 6.33 Å². The molecular weight excluding hydrogens is 402 g/mol. The number of fused-ring (bicyclic) bond motifs is 1. The summed E-state index contributed by atoms with van der Waals surface area (Å²) in [5, 5.41) is 24.6. The maximum absolute atomic E-state index is 9.52. The lowest BCUT2D eigenvalue weighted by molar-refractivity contribution is 0.332. The maximum atomic E-state index is 9.52. The van der Waals surface area contributed by atoms with Crippen LogP contribution in [-0.2, 0) is 0 Å². The summed E-state index contributed by atoms with van der Waals surface area (Å²) in [5.74, 6) is 0.933. The van der Waals surface area contributed by atoms with Crippen LogP contribution in [-0.4, -0.2) is 42.8 Å². The maximum Gasteiger partial charge on any atom is 0.146 e. The van der Waals surface area contributed by atoms with E-state index in [4.69, 9.17) is 0 Å². The Kier molecular flexibility index (Phi) is 5.00. The molecule has 0 unspecified atom stereocenters. The van der Waals surface area contributed by atoms with Gasteiger partial charge in [0.25, 0.3) is 0 Å². The van der Waals surface area contributed by atoms with Gasteiger partial charge in [0.05, 0.1) is 36.0 Å². The van der Waals surface area contributed by atoms with Gasteiger partial charge in [0.2, 0.25) is 0 Å². The number of nitrogens with one attached hydrogen (secondary N) is 1. The van der Waals surface area contributed by atoms with Crippen molar-refractivity contribution in [2.45, 2.75) is 25.8 Å². The summed E-state index contributed by atoms with van der Waals surface area (Å²) >= 11 is 0. The smallest absolute Gasteiger partial charge is 0.146 e. The molecule has 1 saturated heterocycles. The zero-order valence-electron chi connectivity index (χ0n) is 17.6. The fraction of sp³-hybridized carbons (Fsp3) is 0.304. The van der Waals surface area contributed by atoms with Crippen LogP contribution in [0.2, 0.25) is 0 Å². The van der Waals surface area contributed by atoms with Crippen molar-refractivity contribution in [1.29, 1.82) is 10.5 Å². The number of hydrogen-bond acceptors (Lipinski definition) is 7. The summed E-state index contributed by atoms with van der Waals surface area (Å²) in [6, 6.07) is 8.33. The molecule has 0 amide bonds. The van der Waals surface area contributed by atoms with Crippen LogP contribution in [0.5, 0.6) is 0 Å². The lowest BCUT2D eigenvalue weighted by Crippen LogP contribution is -2.26. The lowest BCUT2D eigenvalue weighted by atomic mass is 9.96. The van der Waals surface area contributed by atoms with Crippen molar-refractivity contribution < 1.29 is 0 Å².